The summed E-state index contributed by atoms with van der Waals surface area (Å²) >= 11 is 1.24. The van der Waals surface area contributed by atoms with Crippen LogP contribution in [0.2, 0.25) is 0 Å². The van der Waals surface area contributed by atoms with Crippen LogP contribution >= 0.6 is 11.3 Å². The third-order valence-corrected chi connectivity index (χ3v) is 5.68. The lowest BCUT2D eigenvalue weighted by Gasteiger charge is -2.17. The Labute approximate surface area is 173 Å². The van der Waals surface area contributed by atoms with Crippen LogP contribution in [0.5, 0.6) is 0 Å². The fourth-order valence-corrected chi connectivity index (χ4v) is 3.98. The molecule has 0 aliphatic rings. The number of anilines is 1. The van der Waals surface area contributed by atoms with Crippen LogP contribution in [0.15, 0.2) is 48.5 Å². The fraction of sp³-hybridized carbons (Fsp3) is 0.227. The van der Waals surface area contributed by atoms with Gasteiger partial charge < -0.3 is 10.2 Å². The molecule has 0 unspecified atom stereocenters. The number of benzene rings is 2. The SMILES string of the molecule is CCc1ccccc1NC(=O)CN(C)C(=O)c1sc(-c2ccc(F)cc2)nc1C. The zero-order chi connectivity index (χ0) is 21.0. The number of rotatable bonds is 6. The minimum absolute atomic E-state index is 0.0693. The number of thiazole rings is 1. The van der Waals surface area contributed by atoms with Crippen molar-refractivity contribution < 1.29 is 14.0 Å². The average Bonchev–Trinajstić information content (AvgIpc) is 3.09. The van der Waals surface area contributed by atoms with Crippen LogP contribution < -0.4 is 5.32 Å². The summed E-state index contributed by atoms with van der Waals surface area (Å²) in [5.41, 5.74) is 3.13. The minimum atomic E-state index is -0.325. The Bertz CT molecular complexity index is 1030. The highest BCUT2D eigenvalue weighted by Crippen LogP contribution is 2.28. The summed E-state index contributed by atoms with van der Waals surface area (Å²) in [5, 5.41) is 3.51. The molecule has 0 saturated heterocycles. The van der Waals surface area contributed by atoms with Crippen molar-refractivity contribution in [2.75, 3.05) is 18.9 Å². The number of para-hydroxylation sites is 1. The number of amides is 2. The third-order valence-electron chi connectivity index (χ3n) is 4.48. The summed E-state index contributed by atoms with van der Waals surface area (Å²) in [6, 6.07) is 13.6. The van der Waals surface area contributed by atoms with E-state index in [-0.39, 0.29) is 24.2 Å². The van der Waals surface area contributed by atoms with Crippen LogP contribution in [-0.4, -0.2) is 35.3 Å². The van der Waals surface area contributed by atoms with Crippen molar-refractivity contribution in [1.29, 1.82) is 0 Å². The second-order valence-corrected chi connectivity index (χ2v) is 7.66. The Morgan fingerprint density at radius 1 is 1.14 bits per heavy atom. The molecule has 3 rings (SSSR count). The van der Waals surface area contributed by atoms with E-state index in [4.69, 9.17) is 0 Å². The number of carbonyl (C=O) groups is 2. The first-order chi connectivity index (χ1) is 13.9. The number of hydrogen-bond donors (Lipinski definition) is 1. The standard InChI is InChI=1S/C22H22FN3O2S/c1-4-15-7-5-6-8-18(15)25-19(27)13-26(3)22(28)20-14(2)24-21(29-20)16-9-11-17(23)12-10-16/h5-12H,4,13H2,1-3H3,(H,25,27). The van der Waals surface area contributed by atoms with E-state index < -0.39 is 0 Å². The van der Waals surface area contributed by atoms with Gasteiger partial charge in [-0.1, -0.05) is 25.1 Å². The number of nitrogens with one attached hydrogen (secondary N) is 1. The van der Waals surface area contributed by atoms with Gasteiger partial charge in [0.1, 0.15) is 15.7 Å². The molecule has 0 fully saturated rings. The largest absolute Gasteiger partial charge is 0.332 e. The quantitative estimate of drug-likeness (QED) is 0.648. The van der Waals surface area contributed by atoms with E-state index in [9.17, 15) is 14.0 Å². The van der Waals surface area contributed by atoms with Crippen LogP contribution in [-0.2, 0) is 11.2 Å². The minimum Gasteiger partial charge on any atom is -0.332 e. The van der Waals surface area contributed by atoms with E-state index in [0.29, 0.717) is 15.6 Å². The maximum atomic E-state index is 13.1. The molecule has 0 aliphatic carbocycles. The lowest BCUT2D eigenvalue weighted by molar-refractivity contribution is -0.116. The van der Waals surface area contributed by atoms with E-state index in [2.05, 4.69) is 10.3 Å². The van der Waals surface area contributed by atoms with Crippen molar-refractivity contribution in [3.63, 3.8) is 0 Å². The smallest absolute Gasteiger partial charge is 0.266 e. The highest BCUT2D eigenvalue weighted by atomic mass is 32.1. The van der Waals surface area contributed by atoms with E-state index in [1.54, 1.807) is 26.1 Å². The van der Waals surface area contributed by atoms with Gasteiger partial charge >= 0.3 is 0 Å². The molecule has 0 aliphatic heterocycles. The molecule has 5 nitrogen and oxygen atoms in total. The predicted molar refractivity (Wildman–Crippen MR) is 114 cm³/mol. The summed E-state index contributed by atoms with van der Waals surface area (Å²) in [5.74, 6) is -0.858. The van der Waals surface area contributed by atoms with Crippen LogP contribution in [0, 0.1) is 12.7 Å². The lowest BCUT2D eigenvalue weighted by Crippen LogP contribution is -2.35. The predicted octanol–water partition coefficient (Wildman–Crippen LogP) is 4.53. The highest BCUT2D eigenvalue weighted by molar-refractivity contribution is 7.17. The van der Waals surface area contributed by atoms with Gasteiger partial charge in [-0.15, -0.1) is 11.3 Å². The van der Waals surface area contributed by atoms with Gasteiger partial charge in [0.2, 0.25) is 5.91 Å². The van der Waals surface area contributed by atoms with E-state index >= 15 is 0 Å². The average molecular weight is 412 g/mol. The lowest BCUT2D eigenvalue weighted by atomic mass is 10.1. The number of nitrogens with zero attached hydrogens (tertiary/aromatic N) is 2. The number of hydrogen-bond acceptors (Lipinski definition) is 4. The number of likely N-dealkylation sites (N-methyl/N-ethyl adjacent to an activating group) is 1. The molecule has 1 N–H and O–H groups in total. The zero-order valence-corrected chi connectivity index (χ0v) is 17.3. The molecule has 2 aromatic carbocycles. The van der Waals surface area contributed by atoms with Crippen molar-refractivity contribution in [3.8, 4) is 10.6 Å². The van der Waals surface area contributed by atoms with Gasteiger partial charge in [-0.2, -0.15) is 0 Å². The second-order valence-electron chi connectivity index (χ2n) is 6.66. The first kappa shape index (κ1) is 20.7. The van der Waals surface area contributed by atoms with Crippen molar-refractivity contribution in [3.05, 3.63) is 70.5 Å². The highest BCUT2D eigenvalue weighted by Gasteiger charge is 2.21. The summed E-state index contributed by atoms with van der Waals surface area (Å²) < 4.78 is 13.1. The molecule has 1 aromatic heterocycles. The van der Waals surface area contributed by atoms with Gasteiger partial charge in [-0.25, -0.2) is 9.37 Å². The first-order valence-electron chi connectivity index (χ1n) is 9.25. The van der Waals surface area contributed by atoms with Gasteiger partial charge in [0, 0.05) is 18.3 Å². The van der Waals surface area contributed by atoms with E-state index in [1.807, 2.05) is 31.2 Å². The number of aromatic nitrogens is 1. The Balaban J connectivity index is 1.70. The molecular formula is C22H22FN3O2S. The molecule has 0 atom stereocenters. The summed E-state index contributed by atoms with van der Waals surface area (Å²) in [4.78, 5) is 31.5. The Kier molecular flexibility index (Phi) is 6.39. The van der Waals surface area contributed by atoms with Crippen LogP contribution in [0.25, 0.3) is 10.6 Å². The fourth-order valence-electron chi connectivity index (χ4n) is 2.91. The molecule has 0 bridgehead atoms. The molecular weight excluding hydrogens is 389 g/mol. The Morgan fingerprint density at radius 3 is 2.52 bits per heavy atom. The van der Waals surface area contributed by atoms with Crippen molar-refractivity contribution >= 4 is 28.8 Å². The number of carbonyl (C=O) groups excluding carboxylic acids is 2. The molecule has 3 aromatic rings. The van der Waals surface area contributed by atoms with Crippen molar-refractivity contribution in [2.24, 2.45) is 0 Å². The Morgan fingerprint density at radius 2 is 1.83 bits per heavy atom. The van der Waals surface area contributed by atoms with Crippen molar-refractivity contribution in [1.82, 2.24) is 9.88 Å². The molecule has 0 spiro atoms. The van der Waals surface area contributed by atoms with Crippen molar-refractivity contribution in [2.45, 2.75) is 20.3 Å². The summed E-state index contributed by atoms with van der Waals surface area (Å²) in [7, 11) is 1.59. The summed E-state index contributed by atoms with van der Waals surface area (Å²) in [6.07, 6.45) is 0.803. The number of aryl methyl sites for hydroxylation is 2. The molecule has 150 valence electrons. The molecule has 0 radical (unpaired) electrons. The maximum absolute atomic E-state index is 13.1. The molecule has 2 amide bonds. The monoisotopic (exact) mass is 411 g/mol. The normalized spacial score (nSPS) is 10.6. The van der Waals surface area contributed by atoms with Gasteiger partial charge in [0.15, 0.2) is 0 Å². The number of halogens is 1. The topological polar surface area (TPSA) is 62.3 Å². The second kappa shape index (κ2) is 8.96. The maximum Gasteiger partial charge on any atom is 0.266 e. The Hall–Kier alpha value is -3.06. The van der Waals surface area contributed by atoms with Gasteiger partial charge in [0.25, 0.3) is 5.91 Å². The van der Waals surface area contributed by atoms with Crippen LogP contribution in [0.4, 0.5) is 10.1 Å². The molecule has 0 saturated carbocycles. The zero-order valence-electron chi connectivity index (χ0n) is 16.5. The van der Waals surface area contributed by atoms with E-state index in [0.717, 1.165) is 23.2 Å². The van der Waals surface area contributed by atoms with Gasteiger partial charge in [-0.05, 0) is 49.2 Å². The van der Waals surface area contributed by atoms with E-state index in [1.165, 1.54) is 28.4 Å². The van der Waals surface area contributed by atoms with Crippen LogP contribution in [0.3, 0.4) is 0 Å². The molecule has 7 heteroatoms. The summed E-state index contributed by atoms with van der Waals surface area (Å²) in [6.45, 7) is 3.70. The van der Waals surface area contributed by atoms with Gasteiger partial charge in [-0.3, -0.25) is 9.59 Å². The molecule has 1 heterocycles. The third kappa shape index (κ3) is 4.86. The first-order valence-corrected chi connectivity index (χ1v) is 10.1. The van der Waals surface area contributed by atoms with Gasteiger partial charge in [0.05, 0.1) is 12.2 Å². The molecule has 29 heavy (non-hydrogen) atoms. The van der Waals surface area contributed by atoms with Crippen LogP contribution in [0.1, 0.15) is 27.9 Å².